The molecule has 0 amide bonds. The lowest BCUT2D eigenvalue weighted by atomic mass is 10.3. The number of unbranched alkanes of at least 4 members (excludes halogenated alkanes) is 6. The van der Waals surface area contributed by atoms with E-state index in [1.807, 2.05) is 0 Å². The van der Waals surface area contributed by atoms with E-state index in [9.17, 15) is 4.57 Å². The fourth-order valence-electron chi connectivity index (χ4n) is 1.37. The number of hydrogen-bond donors (Lipinski definition) is 0. The standard InChI is InChI=1S/C10H22O3P.C5H12/c1-3-5-7-9-12-14(11)13-10-8-6-4-2;1-3-5-4-2/h3-10H2,1-2H3;3-5H2,1-2H3/q+1;. The van der Waals surface area contributed by atoms with Gasteiger partial charge in [0.25, 0.3) is 0 Å². The van der Waals surface area contributed by atoms with Crippen molar-refractivity contribution in [1.82, 2.24) is 0 Å². The van der Waals surface area contributed by atoms with Gasteiger partial charge < -0.3 is 0 Å². The van der Waals surface area contributed by atoms with Gasteiger partial charge >= 0.3 is 8.25 Å². The molecule has 19 heavy (non-hydrogen) atoms. The second-order valence-electron chi connectivity index (χ2n) is 4.66. The molecule has 0 radical (unpaired) electrons. The van der Waals surface area contributed by atoms with E-state index in [0.29, 0.717) is 13.2 Å². The van der Waals surface area contributed by atoms with Crippen LogP contribution in [-0.2, 0) is 13.6 Å². The van der Waals surface area contributed by atoms with Gasteiger partial charge in [-0.1, -0.05) is 72.6 Å². The Bertz CT molecular complexity index is 159. The molecule has 0 saturated heterocycles. The maximum absolute atomic E-state index is 11.1. The third kappa shape index (κ3) is 23.5. The molecule has 116 valence electrons. The van der Waals surface area contributed by atoms with Crippen LogP contribution in [0.25, 0.3) is 0 Å². The summed E-state index contributed by atoms with van der Waals surface area (Å²) in [5.74, 6) is 0. The minimum atomic E-state index is -1.86. The first-order valence-corrected chi connectivity index (χ1v) is 9.05. The van der Waals surface area contributed by atoms with Crippen LogP contribution >= 0.6 is 8.25 Å². The van der Waals surface area contributed by atoms with E-state index < -0.39 is 8.25 Å². The molecule has 4 heteroatoms. The van der Waals surface area contributed by atoms with Gasteiger partial charge in [-0.2, -0.15) is 0 Å². The van der Waals surface area contributed by atoms with Crippen LogP contribution in [0.15, 0.2) is 0 Å². The van der Waals surface area contributed by atoms with Gasteiger partial charge in [-0.3, -0.25) is 0 Å². The second-order valence-corrected chi connectivity index (χ2v) is 5.62. The average molecular weight is 293 g/mol. The number of rotatable bonds is 12. The minimum Gasteiger partial charge on any atom is -0.119 e. The first-order chi connectivity index (χ1) is 9.22. The van der Waals surface area contributed by atoms with Gasteiger partial charge in [0.2, 0.25) is 0 Å². The van der Waals surface area contributed by atoms with Gasteiger partial charge in [0.15, 0.2) is 0 Å². The summed E-state index contributed by atoms with van der Waals surface area (Å²) in [4.78, 5) is 0. The SMILES string of the molecule is CCCCC.CCCCCO[P+](=O)OCCCCC. The zero-order valence-corrected chi connectivity index (χ0v) is 14.3. The van der Waals surface area contributed by atoms with E-state index in [4.69, 9.17) is 9.05 Å². The molecular formula is C15H34O3P+. The Hall–Kier alpha value is 0.0200. The largest absolute Gasteiger partial charge is 0.697 e. The topological polar surface area (TPSA) is 35.5 Å². The highest BCUT2D eigenvalue weighted by atomic mass is 31.1. The lowest BCUT2D eigenvalue weighted by Crippen LogP contribution is -1.91. The summed E-state index contributed by atoms with van der Waals surface area (Å²) < 4.78 is 21.1. The highest BCUT2D eigenvalue weighted by molar-refractivity contribution is 7.33. The van der Waals surface area contributed by atoms with Crippen molar-refractivity contribution in [2.75, 3.05) is 13.2 Å². The van der Waals surface area contributed by atoms with Gasteiger partial charge in [0.05, 0.1) is 0 Å². The van der Waals surface area contributed by atoms with E-state index in [0.717, 1.165) is 38.5 Å². The van der Waals surface area contributed by atoms with E-state index in [1.165, 1.54) is 19.3 Å². The Morgan fingerprint density at radius 3 is 1.26 bits per heavy atom. The van der Waals surface area contributed by atoms with Crippen molar-refractivity contribution >= 4 is 8.25 Å². The fraction of sp³-hybridized carbons (Fsp3) is 1.00. The first-order valence-electron chi connectivity index (χ1n) is 7.95. The smallest absolute Gasteiger partial charge is 0.119 e. The Labute approximate surface area is 121 Å². The lowest BCUT2D eigenvalue weighted by Gasteiger charge is -1.92. The molecule has 0 aromatic heterocycles. The Kier molecular flexibility index (Phi) is 22.8. The fourth-order valence-corrected chi connectivity index (χ4v) is 2.00. The molecule has 0 spiro atoms. The Morgan fingerprint density at radius 2 is 1.00 bits per heavy atom. The normalized spacial score (nSPS) is 9.89. The molecular weight excluding hydrogens is 259 g/mol. The molecule has 0 fully saturated rings. The molecule has 0 saturated carbocycles. The van der Waals surface area contributed by atoms with Crippen molar-refractivity contribution in [1.29, 1.82) is 0 Å². The monoisotopic (exact) mass is 293 g/mol. The van der Waals surface area contributed by atoms with Gasteiger partial charge in [0, 0.05) is 4.57 Å². The summed E-state index contributed by atoms with van der Waals surface area (Å²) in [6, 6.07) is 0. The summed E-state index contributed by atoms with van der Waals surface area (Å²) in [7, 11) is -1.86. The predicted octanol–water partition coefficient (Wildman–Crippen LogP) is 6.25. The molecule has 0 aliphatic carbocycles. The van der Waals surface area contributed by atoms with Crippen LogP contribution in [-0.4, -0.2) is 13.2 Å². The van der Waals surface area contributed by atoms with Crippen molar-refractivity contribution in [3.63, 3.8) is 0 Å². The maximum Gasteiger partial charge on any atom is 0.697 e. The molecule has 0 unspecified atom stereocenters. The summed E-state index contributed by atoms with van der Waals surface area (Å²) >= 11 is 0. The van der Waals surface area contributed by atoms with E-state index in [2.05, 4.69) is 27.7 Å². The molecule has 0 aliphatic rings. The van der Waals surface area contributed by atoms with Crippen LogP contribution < -0.4 is 0 Å². The zero-order valence-electron chi connectivity index (χ0n) is 13.5. The third-order valence-electron chi connectivity index (χ3n) is 2.60. The highest BCUT2D eigenvalue weighted by Gasteiger charge is 2.18. The van der Waals surface area contributed by atoms with Gasteiger partial charge in [-0.25, -0.2) is 0 Å². The van der Waals surface area contributed by atoms with Crippen LogP contribution in [0.4, 0.5) is 0 Å². The minimum absolute atomic E-state index is 0.552. The van der Waals surface area contributed by atoms with Crippen molar-refractivity contribution < 1.29 is 13.6 Å². The predicted molar refractivity (Wildman–Crippen MR) is 83.8 cm³/mol. The van der Waals surface area contributed by atoms with Crippen molar-refractivity contribution in [2.24, 2.45) is 0 Å². The highest BCUT2D eigenvalue weighted by Crippen LogP contribution is 2.24. The molecule has 0 aliphatic heterocycles. The third-order valence-corrected chi connectivity index (χ3v) is 3.38. The molecule has 0 atom stereocenters. The Balaban J connectivity index is 0. The average Bonchev–Trinajstić information content (AvgIpc) is 2.41. The summed E-state index contributed by atoms with van der Waals surface area (Å²) in [5, 5.41) is 0. The van der Waals surface area contributed by atoms with Gasteiger partial charge in [-0.05, 0) is 12.8 Å². The van der Waals surface area contributed by atoms with E-state index in [1.54, 1.807) is 0 Å². The molecule has 0 aromatic carbocycles. The van der Waals surface area contributed by atoms with Crippen molar-refractivity contribution in [3.8, 4) is 0 Å². The second kappa shape index (κ2) is 20.3. The zero-order chi connectivity index (χ0) is 14.8. The maximum atomic E-state index is 11.1. The first kappa shape index (κ1) is 21.3. The molecule has 3 nitrogen and oxygen atoms in total. The molecule has 0 bridgehead atoms. The molecule has 0 rings (SSSR count). The Morgan fingerprint density at radius 1 is 0.632 bits per heavy atom. The summed E-state index contributed by atoms with van der Waals surface area (Å²) in [6.45, 7) is 9.78. The van der Waals surface area contributed by atoms with Crippen LogP contribution in [0.5, 0.6) is 0 Å². The molecule has 0 heterocycles. The molecule has 0 aromatic rings. The van der Waals surface area contributed by atoms with Crippen LogP contribution in [0.1, 0.15) is 85.5 Å². The van der Waals surface area contributed by atoms with Crippen LogP contribution in [0, 0.1) is 0 Å². The van der Waals surface area contributed by atoms with Crippen molar-refractivity contribution in [2.45, 2.75) is 85.5 Å². The lowest BCUT2D eigenvalue weighted by molar-refractivity contribution is 0.219. The quantitative estimate of drug-likeness (QED) is 0.315. The van der Waals surface area contributed by atoms with Crippen molar-refractivity contribution in [3.05, 3.63) is 0 Å². The molecule has 0 N–H and O–H groups in total. The van der Waals surface area contributed by atoms with Crippen LogP contribution in [0.2, 0.25) is 0 Å². The van der Waals surface area contributed by atoms with Gasteiger partial charge in [-0.15, -0.1) is 9.05 Å². The summed E-state index contributed by atoms with van der Waals surface area (Å²) in [6.07, 6.45) is 10.6. The van der Waals surface area contributed by atoms with E-state index >= 15 is 0 Å². The van der Waals surface area contributed by atoms with Crippen LogP contribution in [0.3, 0.4) is 0 Å². The van der Waals surface area contributed by atoms with E-state index in [-0.39, 0.29) is 0 Å². The number of hydrogen-bond acceptors (Lipinski definition) is 3. The van der Waals surface area contributed by atoms with Gasteiger partial charge in [0.1, 0.15) is 13.2 Å². The summed E-state index contributed by atoms with van der Waals surface area (Å²) in [5.41, 5.74) is 0.